The first kappa shape index (κ1) is 14.5. The maximum Gasteiger partial charge on any atom is 0.130 e. The van der Waals surface area contributed by atoms with Crippen LogP contribution < -0.4 is 5.32 Å². The van der Waals surface area contributed by atoms with E-state index < -0.39 is 0 Å². The van der Waals surface area contributed by atoms with Gasteiger partial charge in [0, 0.05) is 50.2 Å². The molecule has 2 aromatic heterocycles. The van der Waals surface area contributed by atoms with Crippen molar-refractivity contribution < 1.29 is 0 Å². The molecule has 108 valence electrons. The van der Waals surface area contributed by atoms with E-state index in [0.717, 1.165) is 31.9 Å². The molecule has 0 aromatic carbocycles. The molecule has 0 unspecified atom stereocenters. The maximum absolute atomic E-state index is 4.43. The summed E-state index contributed by atoms with van der Waals surface area (Å²) in [5.41, 5.74) is 2.45. The van der Waals surface area contributed by atoms with Gasteiger partial charge in [-0.3, -0.25) is 9.58 Å². The molecule has 0 aliphatic rings. The van der Waals surface area contributed by atoms with Crippen molar-refractivity contribution in [2.75, 3.05) is 18.9 Å². The number of rotatable bonds is 7. The second-order valence-electron chi connectivity index (χ2n) is 5.13. The fourth-order valence-corrected chi connectivity index (χ4v) is 2.18. The predicted octanol–water partition coefficient (Wildman–Crippen LogP) is 2.27. The Labute approximate surface area is 120 Å². The summed E-state index contributed by atoms with van der Waals surface area (Å²) >= 11 is 0. The molecule has 2 heterocycles. The molecule has 0 aliphatic carbocycles. The first-order valence-corrected chi connectivity index (χ1v) is 7.03. The summed E-state index contributed by atoms with van der Waals surface area (Å²) in [6, 6.07) is 4.12. The van der Waals surface area contributed by atoms with Gasteiger partial charge in [0.1, 0.15) is 5.82 Å². The van der Waals surface area contributed by atoms with E-state index >= 15 is 0 Å². The Morgan fingerprint density at radius 2 is 2.20 bits per heavy atom. The van der Waals surface area contributed by atoms with Gasteiger partial charge < -0.3 is 5.32 Å². The molecule has 0 saturated carbocycles. The third kappa shape index (κ3) is 4.06. The topological polar surface area (TPSA) is 46.0 Å². The van der Waals surface area contributed by atoms with Crippen molar-refractivity contribution in [1.82, 2.24) is 19.7 Å². The molecule has 0 saturated heterocycles. The molecular formula is C15H23N5. The number of aryl methyl sites for hydroxylation is 1. The number of hydrogen-bond acceptors (Lipinski definition) is 4. The minimum absolute atomic E-state index is 0.870. The van der Waals surface area contributed by atoms with Crippen LogP contribution in [0.15, 0.2) is 30.7 Å². The van der Waals surface area contributed by atoms with Crippen LogP contribution in [-0.4, -0.2) is 33.3 Å². The van der Waals surface area contributed by atoms with Crippen LogP contribution in [0.2, 0.25) is 0 Å². The minimum atomic E-state index is 0.870. The molecule has 0 amide bonds. The highest BCUT2D eigenvalue weighted by Crippen LogP contribution is 2.14. The molecule has 5 nitrogen and oxygen atoms in total. The average molecular weight is 273 g/mol. The van der Waals surface area contributed by atoms with Crippen molar-refractivity contribution in [2.45, 2.75) is 26.4 Å². The molecular weight excluding hydrogens is 250 g/mol. The van der Waals surface area contributed by atoms with Gasteiger partial charge in [0.05, 0.1) is 6.20 Å². The van der Waals surface area contributed by atoms with Crippen molar-refractivity contribution in [3.05, 3.63) is 41.9 Å². The van der Waals surface area contributed by atoms with Crippen molar-refractivity contribution in [3.63, 3.8) is 0 Å². The van der Waals surface area contributed by atoms with Crippen LogP contribution in [0.1, 0.15) is 24.5 Å². The van der Waals surface area contributed by atoms with Gasteiger partial charge in [-0.05, 0) is 19.5 Å². The summed E-state index contributed by atoms with van der Waals surface area (Å²) in [7, 11) is 4.06. The third-order valence-corrected chi connectivity index (χ3v) is 3.08. The zero-order valence-electron chi connectivity index (χ0n) is 12.5. The van der Waals surface area contributed by atoms with Crippen LogP contribution in [0.3, 0.4) is 0 Å². The van der Waals surface area contributed by atoms with Gasteiger partial charge >= 0.3 is 0 Å². The van der Waals surface area contributed by atoms with Crippen molar-refractivity contribution >= 4 is 5.82 Å². The maximum atomic E-state index is 4.43. The van der Waals surface area contributed by atoms with Gasteiger partial charge in [-0.25, -0.2) is 4.98 Å². The largest absolute Gasteiger partial charge is 0.370 e. The van der Waals surface area contributed by atoms with Gasteiger partial charge in [-0.15, -0.1) is 0 Å². The Morgan fingerprint density at radius 1 is 1.35 bits per heavy atom. The van der Waals surface area contributed by atoms with E-state index in [0.29, 0.717) is 0 Å². The summed E-state index contributed by atoms with van der Waals surface area (Å²) < 4.78 is 1.83. The minimum Gasteiger partial charge on any atom is -0.370 e. The smallest absolute Gasteiger partial charge is 0.130 e. The Kier molecular flexibility index (Phi) is 5.12. The predicted molar refractivity (Wildman–Crippen MR) is 81.4 cm³/mol. The second-order valence-corrected chi connectivity index (χ2v) is 5.13. The van der Waals surface area contributed by atoms with E-state index in [4.69, 9.17) is 0 Å². The van der Waals surface area contributed by atoms with Gasteiger partial charge in [-0.1, -0.05) is 13.0 Å². The third-order valence-electron chi connectivity index (χ3n) is 3.08. The zero-order chi connectivity index (χ0) is 14.4. The quantitative estimate of drug-likeness (QED) is 0.840. The van der Waals surface area contributed by atoms with Crippen LogP contribution >= 0.6 is 0 Å². The molecule has 2 rings (SSSR count). The van der Waals surface area contributed by atoms with Crippen molar-refractivity contribution in [2.24, 2.45) is 7.05 Å². The molecule has 5 heteroatoms. The van der Waals surface area contributed by atoms with Gasteiger partial charge in [0.25, 0.3) is 0 Å². The highest BCUT2D eigenvalue weighted by molar-refractivity contribution is 5.43. The summed E-state index contributed by atoms with van der Waals surface area (Å²) in [5.74, 6) is 0.993. The first-order valence-electron chi connectivity index (χ1n) is 7.03. The van der Waals surface area contributed by atoms with Crippen LogP contribution in [0.25, 0.3) is 0 Å². The van der Waals surface area contributed by atoms with Crippen molar-refractivity contribution in [3.8, 4) is 0 Å². The highest BCUT2D eigenvalue weighted by Gasteiger charge is 2.07. The molecule has 0 atom stereocenters. The molecule has 0 fully saturated rings. The van der Waals surface area contributed by atoms with E-state index in [1.807, 2.05) is 30.2 Å². The molecule has 0 spiro atoms. The van der Waals surface area contributed by atoms with E-state index in [9.17, 15) is 0 Å². The monoisotopic (exact) mass is 273 g/mol. The number of nitrogens with zero attached hydrogens (tertiary/aromatic N) is 4. The lowest BCUT2D eigenvalue weighted by Crippen LogP contribution is -2.18. The molecule has 20 heavy (non-hydrogen) atoms. The normalized spacial score (nSPS) is 11.0. The molecule has 2 aromatic rings. The molecule has 0 radical (unpaired) electrons. The standard InChI is InChI=1S/C15H23N5/c1-4-7-16-15-14(6-5-8-17-15)12-19(2)10-13-9-18-20(3)11-13/h5-6,8-9,11H,4,7,10,12H2,1-3H3,(H,16,17). The summed E-state index contributed by atoms with van der Waals surface area (Å²) in [6.07, 6.45) is 6.90. The van der Waals surface area contributed by atoms with E-state index in [1.54, 1.807) is 0 Å². The van der Waals surface area contributed by atoms with Gasteiger partial charge in [-0.2, -0.15) is 5.10 Å². The highest BCUT2D eigenvalue weighted by atomic mass is 15.2. The number of aromatic nitrogens is 3. The second kappa shape index (κ2) is 7.05. The summed E-state index contributed by atoms with van der Waals surface area (Å²) in [6.45, 7) is 4.87. The van der Waals surface area contributed by atoms with E-state index in [1.165, 1.54) is 11.1 Å². The summed E-state index contributed by atoms with van der Waals surface area (Å²) in [4.78, 5) is 6.70. The molecule has 0 bridgehead atoms. The number of pyridine rings is 1. The Morgan fingerprint density at radius 3 is 2.90 bits per heavy atom. The average Bonchev–Trinajstić information content (AvgIpc) is 2.83. The van der Waals surface area contributed by atoms with Crippen LogP contribution in [0, 0.1) is 0 Å². The lowest BCUT2D eigenvalue weighted by Gasteiger charge is -2.18. The Hall–Kier alpha value is -1.88. The SMILES string of the molecule is CCCNc1ncccc1CN(C)Cc1cnn(C)c1. The summed E-state index contributed by atoms with van der Waals surface area (Å²) in [5, 5.41) is 7.58. The first-order chi connectivity index (χ1) is 9.69. The Bertz CT molecular complexity index is 535. The number of anilines is 1. The Balaban J connectivity index is 1.98. The van der Waals surface area contributed by atoms with E-state index in [2.05, 4.69) is 46.5 Å². The zero-order valence-corrected chi connectivity index (χ0v) is 12.5. The number of nitrogens with one attached hydrogen (secondary N) is 1. The number of hydrogen-bond donors (Lipinski definition) is 1. The van der Waals surface area contributed by atoms with Crippen LogP contribution in [-0.2, 0) is 20.1 Å². The van der Waals surface area contributed by atoms with Crippen molar-refractivity contribution in [1.29, 1.82) is 0 Å². The van der Waals surface area contributed by atoms with E-state index in [-0.39, 0.29) is 0 Å². The van der Waals surface area contributed by atoms with Gasteiger partial charge in [0.15, 0.2) is 0 Å². The van der Waals surface area contributed by atoms with Crippen LogP contribution in [0.4, 0.5) is 5.82 Å². The lowest BCUT2D eigenvalue weighted by molar-refractivity contribution is 0.319. The fourth-order valence-electron chi connectivity index (χ4n) is 2.18. The fraction of sp³-hybridized carbons (Fsp3) is 0.467. The lowest BCUT2D eigenvalue weighted by atomic mass is 10.2. The van der Waals surface area contributed by atoms with Gasteiger partial charge in [0.2, 0.25) is 0 Å². The molecule has 1 N–H and O–H groups in total. The van der Waals surface area contributed by atoms with Crippen LogP contribution in [0.5, 0.6) is 0 Å². The molecule has 0 aliphatic heterocycles.